The van der Waals surface area contributed by atoms with Gasteiger partial charge in [0.15, 0.2) is 0 Å². The van der Waals surface area contributed by atoms with Crippen LogP contribution < -0.4 is 5.32 Å². The van der Waals surface area contributed by atoms with Gasteiger partial charge in [-0.25, -0.2) is 0 Å². The second-order valence-corrected chi connectivity index (χ2v) is 3.02. The van der Waals surface area contributed by atoms with Crippen LogP contribution in [0.4, 0.5) is 5.69 Å². The van der Waals surface area contributed by atoms with Crippen LogP contribution in [-0.2, 0) is 0 Å². The van der Waals surface area contributed by atoms with Crippen molar-refractivity contribution >= 4 is 11.5 Å². The second-order valence-electron chi connectivity index (χ2n) is 3.02. The van der Waals surface area contributed by atoms with Crippen LogP contribution in [-0.4, -0.2) is 17.5 Å². The van der Waals surface area contributed by atoms with Crippen molar-refractivity contribution in [2.24, 2.45) is 0 Å². The molecule has 1 N–H and O–H groups in total. The Morgan fingerprint density at radius 2 is 2.07 bits per heavy atom. The van der Waals surface area contributed by atoms with Crippen LogP contribution in [0.3, 0.4) is 0 Å². The molecule has 0 spiro atoms. The Bertz CT molecular complexity index is 423. The minimum Gasteiger partial charge on any atom is -0.377 e. The molecule has 76 valence electrons. The summed E-state index contributed by atoms with van der Waals surface area (Å²) in [6.07, 6.45) is 1.45. The Morgan fingerprint density at radius 3 is 2.73 bits per heavy atom. The first kappa shape index (κ1) is 9.45. The Kier molecular flexibility index (Phi) is 2.78. The van der Waals surface area contributed by atoms with E-state index in [1.54, 1.807) is 6.07 Å². The van der Waals surface area contributed by atoms with Crippen molar-refractivity contribution in [2.45, 2.75) is 0 Å². The molecule has 0 atom stereocenters. The standard InChI is InChI=1S/C11H10N2O2/c14-10(11-6-7-13-15-11)8-12-9-4-2-1-3-5-9/h1-7,12H,8H2. The number of nitrogens with one attached hydrogen (secondary N) is 1. The number of rotatable bonds is 4. The first-order chi connectivity index (χ1) is 7.36. The van der Waals surface area contributed by atoms with E-state index in [1.165, 1.54) is 6.20 Å². The van der Waals surface area contributed by atoms with Gasteiger partial charge in [0, 0.05) is 11.8 Å². The molecule has 0 amide bonds. The van der Waals surface area contributed by atoms with Crippen LogP contribution in [0.15, 0.2) is 47.1 Å². The van der Waals surface area contributed by atoms with Gasteiger partial charge in [-0.2, -0.15) is 0 Å². The van der Waals surface area contributed by atoms with E-state index in [-0.39, 0.29) is 18.1 Å². The number of benzene rings is 1. The fourth-order valence-electron chi connectivity index (χ4n) is 1.19. The zero-order valence-corrected chi connectivity index (χ0v) is 8.01. The highest BCUT2D eigenvalue weighted by Crippen LogP contribution is 2.05. The highest BCUT2D eigenvalue weighted by molar-refractivity contribution is 5.96. The summed E-state index contributed by atoms with van der Waals surface area (Å²) in [7, 11) is 0. The van der Waals surface area contributed by atoms with E-state index < -0.39 is 0 Å². The van der Waals surface area contributed by atoms with Gasteiger partial charge in [-0.3, -0.25) is 4.79 Å². The van der Waals surface area contributed by atoms with Gasteiger partial charge in [0.25, 0.3) is 0 Å². The average Bonchev–Trinajstić information content (AvgIpc) is 2.81. The monoisotopic (exact) mass is 202 g/mol. The predicted molar refractivity (Wildman–Crippen MR) is 55.8 cm³/mol. The van der Waals surface area contributed by atoms with Crippen molar-refractivity contribution in [3.8, 4) is 0 Å². The number of carbonyl (C=O) groups excluding carboxylic acids is 1. The van der Waals surface area contributed by atoms with E-state index >= 15 is 0 Å². The van der Waals surface area contributed by atoms with Gasteiger partial charge >= 0.3 is 0 Å². The van der Waals surface area contributed by atoms with Gasteiger partial charge in [0.1, 0.15) is 0 Å². The van der Waals surface area contributed by atoms with E-state index in [1.807, 2.05) is 30.3 Å². The molecule has 0 radical (unpaired) electrons. The lowest BCUT2D eigenvalue weighted by molar-refractivity contribution is 0.0971. The van der Waals surface area contributed by atoms with Crippen LogP contribution in [0.5, 0.6) is 0 Å². The molecular weight excluding hydrogens is 192 g/mol. The number of carbonyl (C=O) groups is 1. The SMILES string of the molecule is O=C(CNc1ccccc1)c1ccno1. The van der Waals surface area contributed by atoms with Gasteiger partial charge in [-0.1, -0.05) is 23.4 Å². The van der Waals surface area contributed by atoms with Crippen LogP contribution in [0.2, 0.25) is 0 Å². The lowest BCUT2D eigenvalue weighted by Crippen LogP contribution is -2.13. The van der Waals surface area contributed by atoms with Crippen molar-refractivity contribution in [3.63, 3.8) is 0 Å². The summed E-state index contributed by atoms with van der Waals surface area (Å²) in [5.41, 5.74) is 0.908. The van der Waals surface area contributed by atoms with E-state index in [9.17, 15) is 4.79 Å². The molecule has 0 bridgehead atoms. The smallest absolute Gasteiger partial charge is 0.219 e. The molecular formula is C11H10N2O2. The molecule has 0 fully saturated rings. The van der Waals surface area contributed by atoms with Crippen molar-refractivity contribution in [3.05, 3.63) is 48.4 Å². The summed E-state index contributed by atoms with van der Waals surface area (Å²) < 4.78 is 4.74. The van der Waals surface area contributed by atoms with Crippen molar-refractivity contribution in [2.75, 3.05) is 11.9 Å². The summed E-state index contributed by atoms with van der Waals surface area (Å²) in [6.45, 7) is 0.208. The Hall–Kier alpha value is -2.10. The molecule has 0 aliphatic heterocycles. The number of ketones is 1. The summed E-state index contributed by atoms with van der Waals surface area (Å²) in [4.78, 5) is 11.5. The minimum absolute atomic E-state index is 0.114. The Balaban J connectivity index is 1.92. The van der Waals surface area contributed by atoms with Crippen molar-refractivity contribution in [1.29, 1.82) is 0 Å². The largest absolute Gasteiger partial charge is 0.377 e. The number of Topliss-reactive ketones (excluding diaryl/α,β-unsaturated/α-hetero) is 1. The molecule has 4 heteroatoms. The van der Waals surface area contributed by atoms with Crippen molar-refractivity contribution in [1.82, 2.24) is 5.16 Å². The summed E-state index contributed by atoms with van der Waals surface area (Å²) >= 11 is 0. The maximum atomic E-state index is 11.5. The maximum Gasteiger partial charge on any atom is 0.219 e. The summed E-state index contributed by atoms with van der Waals surface area (Å²) in [5.74, 6) is 0.162. The van der Waals surface area contributed by atoms with Gasteiger partial charge in [-0.05, 0) is 12.1 Å². The Labute approximate surface area is 86.9 Å². The molecule has 2 aromatic rings. The number of aromatic nitrogens is 1. The third kappa shape index (κ3) is 2.43. The fourth-order valence-corrected chi connectivity index (χ4v) is 1.19. The average molecular weight is 202 g/mol. The van der Waals surface area contributed by atoms with Gasteiger partial charge in [-0.15, -0.1) is 0 Å². The van der Waals surface area contributed by atoms with E-state index in [2.05, 4.69) is 10.5 Å². The molecule has 2 rings (SSSR count). The zero-order valence-electron chi connectivity index (χ0n) is 8.01. The number of hydrogen-bond donors (Lipinski definition) is 1. The third-order valence-electron chi connectivity index (χ3n) is 1.94. The highest BCUT2D eigenvalue weighted by Gasteiger charge is 2.08. The van der Waals surface area contributed by atoms with E-state index in [0.29, 0.717) is 0 Å². The molecule has 0 aliphatic carbocycles. The fraction of sp³-hybridized carbons (Fsp3) is 0.0909. The predicted octanol–water partition coefficient (Wildman–Crippen LogP) is 1.97. The van der Waals surface area contributed by atoms with Crippen LogP contribution in [0.25, 0.3) is 0 Å². The van der Waals surface area contributed by atoms with Crippen LogP contribution in [0.1, 0.15) is 10.6 Å². The quantitative estimate of drug-likeness (QED) is 0.770. The highest BCUT2D eigenvalue weighted by atomic mass is 16.5. The number of para-hydroxylation sites is 1. The van der Waals surface area contributed by atoms with Crippen LogP contribution in [0, 0.1) is 0 Å². The van der Waals surface area contributed by atoms with E-state index in [0.717, 1.165) is 5.69 Å². The minimum atomic E-state index is -0.114. The van der Waals surface area contributed by atoms with Gasteiger partial charge in [0.2, 0.25) is 11.5 Å². The van der Waals surface area contributed by atoms with E-state index in [4.69, 9.17) is 4.52 Å². The molecule has 4 nitrogen and oxygen atoms in total. The topological polar surface area (TPSA) is 55.1 Å². The molecule has 1 aromatic carbocycles. The third-order valence-corrected chi connectivity index (χ3v) is 1.94. The molecule has 0 aliphatic rings. The van der Waals surface area contributed by atoms with Crippen molar-refractivity contribution < 1.29 is 9.32 Å². The first-order valence-corrected chi connectivity index (χ1v) is 4.59. The number of anilines is 1. The normalized spacial score (nSPS) is 9.87. The molecule has 0 saturated heterocycles. The van der Waals surface area contributed by atoms with Gasteiger partial charge < -0.3 is 9.84 Å². The summed E-state index contributed by atoms with van der Waals surface area (Å²) in [6, 6.07) is 11.1. The summed E-state index contributed by atoms with van der Waals surface area (Å²) in [5, 5.41) is 6.47. The molecule has 0 saturated carbocycles. The van der Waals surface area contributed by atoms with Gasteiger partial charge in [0.05, 0.1) is 12.7 Å². The molecule has 0 unspecified atom stereocenters. The second kappa shape index (κ2) is 4.41. The first-order valence-electron chi connectivity index (χ1n) is 4.59. The zero-order chi connectivity index (χ0) is 10.5. The van der Waals surface area contributed by atoms with Crippen LogP contribution >= 0.6 is 0 Å². The maximum absolute atomic E-state index is 11.5. The number of hydrogen-bond acceptors (Lipinski definition) is 4. The molecule has 1 aromatic heterocycles. The number of nitrogens with zero attached hydrogens (tertiary/aromatic N) is 1. The molecule has 1 heterocycles. The molecule has 15 heavy (non-hydrogen) atoms. The Morgan fingerprint density at radius 1 is 1.27 bits per heavy atom. The lowest BCUT2D eigenvalue weighted by atomic mass is 10.3. The lowest BCUT2D eigenvalue weighted by Gasteiger charge is -2.02.